The molecule has 0 unspecified atom stereocenters. The molecule has 0 spiro atoms. The van der Waals surface area contributed by atoms with E-state index in [0.717, 1.165) is 51.2 Å². The minimum absolute atomic E-state index is 0.0102. The Balaban J connectivity index is 0.000000228. The summed E-state index contributed by atoms with van der Waals surface area (Å²) < 4.78 is 155. The van der Waals surface area contributed by atoms with Crippen molar-refractivity contribution in [3.05, 3.63) is 154 Å². The molecule has 22 heteroatoms. The number of ether oxygens (including phenoxy) is 4. The van der Waals surface area contributed by atoms with Gasteiger partial charge < -0.3 is 18.9 Å². The molecule has 7 rings (SSSR count). The zero-order valence-electron chi connectivity index (χ0n) is 34.3. The molecule has 7 aromatic rings. The van der Waals surface area contributed by atoms with Crippen LogP contribution in [0.15, 0.2) is 136 Å². The molecule has 0 aliphatic carbocycles. The zero-order chi connectivity index (χ0) is 47.2. The highest BCUT2D eigenvalue weighted by Crippen LogP contribution is 2.37. The molecule has 0 saturated heterocycles. The summed E-state index contributed by atoms with van der Waals surface area (Å²) in [4.78, 5) is 7.96. The van der Waals surface area contributed by atoms with Gasteiger partial charge in [0.1, 0.15) is 34.5 Å². The molecular formula is C43H36F6N4O8S4. The Morgan fingerprint density at radius 1 is 0.600 bits per heavy atom. The normalized spacial score (nSPS) is 11.8. The number of aromatic nitrogens is 2. The van der Waals surface area contributed by atoms with Gasteiger partial charge in [-0.05, 0) is 122 Å². The third-order valence-electron chi connectivity index (χ3n) is 8.87. The topological polar surface area (TPSA) is 146 Å². The van der Waals surface area contributed by atoms with Crippen LogP contribution in [0.2, 0.25) is 0 Å². The van der Waals surface area contributed by atoms with E-state index >= 15 is 0 Å². The van der Waals surface area contributed by atoms with Crippen molar-refractivity contribution in [3.8, 4) is 34.5 Å². The maximum atomic E-state index is 13.7. The Morgan fingerprint density at radius 3 is 1.57 bits per heavy atom. The summed E-state index contributed by atoms with van der Waals surface area (Å²) >= 11 is 2.29. The number of hydrogen-bond donors (Lipinski definition) is 1. The molecule has 0 atom stereocenters. The Bertz CT molecular complexity index is 2940. The van der Waals surface area contributed by atoms with E-state index in [-0.39, 0.29) is 49.6 Å². The van der Waals surface area contributed by atoms with Crippen LogP contribution in [0.1, 0.15) is 27.8 Å². The zero-order valence-corrected chi connectivity index (χ0v) is 37.6. The van der Waals surface area contributed by atoms with Crippen LogP contribution in [-0.4, -0.2) is 41.0 Å². The summed E-state index contributed by atoms with van der Waals surface area (Å²) in [5.74, 6) is 1.40. The lowest BCUT2D eigenvalue weighted by Crippen LogP contribution is -2.30. The Hall–Kier alpha value is -6.36. The minimum atomic E-state index is -4.52. The van der Waals surface area contributed by atoms with Gasteiger partial charge >= 0.3 is 12.4 Å². The third kappa shape index (κ3) is 12.5. The molecule has 2 heterocycles. The molecule has 65 heavy (non-hydrogen) atoms. The number of nitrogens with zero attached hydrogens (tertiary/aromatic N) is 3. The molecule has 1 N–H and O–H groups in total. The number of thiazole rings is 2. The lowest BCUT2D eigenvalue weighted by atomic mass is 10.1. The summed E-state index contributed by atoms with van der Waals surface area (Å²) in [5.41, 5.74) is -0.287. The predicted molar refractivity (Wildman–Crippen MR) is 233 cm³/mol. The van der Waals surface area contributed by atoms with Gasteiger partial charge in [0.2, 0.25) is 0 Å². The monoisotopic (exact) mass is 978 g/mol. The first-order valence-corrected chi connectivity index (χ1v) is 23.3. The van der Waals surface area contributed by atoms with Gasteiger partial charge in [0.25, 0.3) is 20.0 Å². The van der Waals surface area contributed by atoms with Gasteiger partial charge in [-0.1, -0.05) is 0 Å². The number of methoxy groups -OCH3 is 2. The van der Waals surface area contributed by atoms with Crippen LogP contribution >= 0.6 is 22.7 Å². The lowest BCUT2D eigenvalue weighted by Gasteiger charge is -2.23. The molecule has 0 fully saturated rings. The molecule has 0 amide bonds. The van der Waals surface area contributed by atoms with Gasteiger partial charge in [-0.3, -0.25) is 4.72 Å². The fourth-order valence-corrected chi connectivity index (χ4v) is 9.94. The van der Waals surface area contributed by atoms with Crippen molar-refractivity contribution in [1.82, 2.24) is 9.97 Å². The van der Waals surface area contributed by atoms with Crippen LogP contribution in [0.3, 0.4) is 0 Å². The molecule has 0 radical (unpaired) electrons. The van der Waals surface area contributed by atoms with Crippen molar-refractivity contribution in [3.63, 3.8) is 0 Å². The van der Waals surface area contributed by atoms with Gasteiger partial charge in [0, 0.05) is 34.8 Å². The quantitative estimate of drug-likeness (QED) is 0.104. The Kier molecular flexibility index (Phi) is 14.7. The average molecular weight is 979 g/mol. The highest BCUT2D eigenvalue weighted by Gasteiger charge is 2.33. The predicted octanol–water partition coefficient (Wildman–Crippen LogP) is 11.7. The molecule has 0 saturated carbocycles. The van der Waals surface area contributed by atoms with Gasteiger partial charge in [0.05, 0.1) is 41.7 Å². The van der Waals surface area contributed by atoms with Crippen LogP contribution in [0.25, 0.3) is 0 Å². The average Bonchev–Trinajstić information content (AvgIpc) is 3.98. The Labute approximate surface area is 377 Å². The fraction of sp³-hybridized carbons (Fsp3) is 0.163. The van der Waals surface area contributed by atoms with E-state index in [4.69, 9.17) is 18.9 Å². The summed E-state index contributed by atoms with van der Waals surface area (Å²) in [7, 11) is -4.91. The maximum Gasteiger partial charge on any atom is 0.416 e. The van der Waals surface area contributed by atoms with Gasteiger partial charge in [-0.2, -0.15) is 26.3 Å². The number of anilines is 2. The molecule has 2 aromatic heterocycles. The molecule has 0 aliphatic rings. The largest absolute Gasteiger partial charge is 0.497 e. The van der Waals surface area contributed by atoms with E-state index in [1.54, 1.807) is 29.0 Å². The molecule has 12 nitrogen and oxygen atoms in total. The van der Waals surface area contributed by atoms with Crippen LogP contribution in [0.5, 0.6) is 34.5 Å². The summed E-state index contributed by atoms with van der Waals surface area (Å²) in [6.07, 6.45) is -6.03. The van der Waals surface area contributed by atoms with Gasteiger partial charge in [-0.15, -0.1) is 22.7 Å². The first-order chi connectivity index (χ1) is 30.6. The smallest absolute Gasteiger partial charge is 0.416 e. The lowest BCUT2D eigenvalue weighted by molar-refractivity contribution is -0.138. The number of benzene rings is 5. The van der Waals surface area contributed by atoms with E-state index < -0.39 is 43.5 Å². The molecule has 0 aliphatic heterocycles. The summed E-state index contributed by atoms with van der Waals surface area (Å²) in [6.45, 7) is 3.00. The molecule has 5 aromatic carbocycles. The summed E-state index contributed by atoms with van der Waals surface area (Å²) in [6, 6.07) is 22.6. The number of aryl methyl sites for hydroxylation is 2. The van der Waals surface area contributed by atoms with Crippen LogP contribution in [0, 0.1) is 13.8 Å². The minimum Gasteiger partial charge on any atom is -0.497 e. The van der Waals surface area contributed by atoms with Crippen molar-refractivity contribution < 1.29 is 62.1 Å². The number of halogens is 6. The van der Waals surface area contributed by atoms with Gasteiger partial charge in [-0.25, -0.2) is 31.1 Å². The van der Waals surface area contributed by atoms with Crippen molar-refractivity contribution >= 4 is 53.0 Å². The molecule has 0 bridgehead atoms. The standard InChI is InChI=1S/C26H23F3N2O5S2.C17H13F3N2O3S2/c1-17-12-19(26(27,28)29)14-22(13-17)36-20-6-8-23(9-7-20)38(32,33)31(25-30-10-11-37-25)16-18-4-5-21(34-2)15-24(18)35-3;1-11-8-12(17(18,19)20)10-14(9-11)25-13-2-4-15(5-3-13)27(23,24)22-16-21-6-7-26-16/h4-15H,16H2,1-3H3;2-10H,1H3,(H,21,22). The van der Waals surface area contributed by atoms with Crippen LogP contribution in [-0.2, 0) is 38.9 Å². The molecular weight excluding hydrogens is 943 g/mol. The van der Waals surface area contributed by atoms with E-state index in [2.05, 4.69) is 14.7 Å². The number of hydrogen-bond acceptors (Lipinski definition) is 12. The maximum absolute atomic E-state index is 13.7. The van der Waals surface area contributed by atoms with Crippen LogP contribution < -0.4 is 28.0 Å². The number of rotatable bonds is 14. The highest BCUT2D eigenvalue weighted by molar-refractivity contribution is 7.93. The summed E-state index contributed by atoms with van der Waals surface area (Å²) in [5, 5.41) is 3.78. The Morgan fingerprint density at radius 2 is 1.11 bits per heavy atom. The van der Waals surface area contributed by atoms with Crippen LogP contribution in [0.4, 0.5) is 36.6 Å². The fourth-order valence-electron chi connectivity index (χ4n) is 5.89. The van der Waals surface area contributed by atoms with E-state index in [9.17, 15) is 43.2 Å². The van der Waals surface area contributed by atoms with Crippen molar-refractivity contribution in [2.24, 2.45) is 0 Å². The van der Waals surface area contributed by atoms with Crippen molar-refractivity contribution in [2.75, 3.05) is 23.2 Å². The number of sulfonamides is 2. The SMILES string of the molecule is COc1ccc(CN(c2nccs2)S(=O)(=O)c2ccc(Oc3cc(C)cc(C(F)(F)F)c3)cc2)c(OC)c1.Cc1cc(Oc2ccc(S(=O)(=O)Nc3nccs3)cc2)cc(C(F)(F)F)c1. The van der Waals surface area contributed by atoms with E-state index in [0.29, 0.717) is 28.2 Å². The number of alkyl halides is 6. The first-order valence-electron chi connectivity index (χ1n) is 18.6. The molecule has 342 valence electrons. The van der Waals surface area contributed by atoms with E-state index in [1.165, 1.54) is 101 Å². The first kappa shape index (κ1) is 48.1. The van der Waals surface area contributed by atoms with Crippen molar-refractivity contribution in [1.29, 1.82) is 0 Å². The second kappa shape index (κ2) is 19.8. The number of nitrogens with one attached hydrogen (secondary N) is 1. The highest BCUT2D eigenvalue weighted by atomic mass is 32.2. The van der Waals surface area contributed by atoms with Gasteiger partial charge in [0.15, 0.2) is 10.3 Å². The second-order valence-corrected chi connectivity index (χ2v) is 19.0. The van der Waals surface area contributed by atoms with E-state index in [1.807, 2.05) is 0 Å². The third-order valence-corrected chi connectivity index (χ3v) is 13.7. The van der Waals surface area contributed by atoms with Crippen molar-refractivity contribution in [2.45, 2.75) is 42.5 Å². The second-order valence-electron chi connectivity index (χ2n) is 13.7.